The average Bonchev–Trinajstić information content (AvgIpc) is 3.16. The summed E-state index contributed by atoms with van der Waals surface area (Å²) in [5.41, 5.74) is -1.30. The third-order valence-corrected chi connectivity index (χ3v) is 3.64. The van der Waals surface area contributed by atoms with E-state index in [-0.39, 0.29) is 21.8 Å². The maximum atomic E-state index is 12.1. The second-order valence-corrected chi connectivity index (χ2v) is 5.35. The number of carbonyl (C=O) groups excluding carboxylic acids is 1. The molecule has 0 aromatic carbocycles. The van der Waals surface area contributed by atoms with Gasteiger partial charge in [0, 0.05) is 0 Å². The number of carboxylic acid groups (broad SMARTS) is 1. The maximum Gasteiger partial charge on any atom is 0.329 e. The van der Waals surface area contributed by atoms with Crippen molar-refractivity contribution < 1.29 is 14.7 Å². The molecule has 1 aliphatic carbocycles. The molecule has 1 amide bonds. The van der Waals surface area contributed by atoms with Gasteiger partial charge in [0.15, 0.2) is 10.3 Å². The minimum atomic E-state index is -1.31. The van der Waals surface area contributed by atoms with Crippen LogP contribution in [0.5, 0.6) is 0 Å². The molecule has 0 saturated heterocycles. The van der Waals surface area contributed by atoms with Crippen LogP contribution in [-0.4, -0.2) is 32.7 Å². The van der Waals surface area contributed by atoms with Crippen molar-refractivity contribution in [2.45, 2.75) is 25.3 Å². The summed E-state index contributed by atoms with van der Waals surface area (Å²) in [5, 5.41) is 18.6. The Morgan fingerprint density at radius 2 is 2.05 bits per heavy atom. The number of hydrogen-bond donors (Lipinski definition) is 2. The van der Waals surface area contributed by atoms with E-state index in [1.165, 1.54) is 13.0 Å². The van der Waals surface area contributed by atoms with Crippen LogP contribution < -0.4 is 5.32 Å². The van der Waals surface area contributed by atoms with Crippen LogP contribution in [0, 0.1) is 5.92 Å². The number of nitrogens with one attached hydrogen (secondary N) is 1. The number of aromatic nitrogens is 2. The summed E-state index contributed by atoms with van der Waals surface area (Å²) < 4.78 is 0. The van der Waals surface area contributed by atoms with Crippen LogP contribution >= 0.6 is 23.2 Å². The van der Waals surface area contributed by atoms with Gasteiger partial charge in [-0.15, -0.1) is 10.2 Å². The van der Waals surface area contributed by atoms with Crippen molar-refractivity contribution in [3.8, 4) is 0 Å². The molecule has 0 spiro atoms. The summed E-state index contributed by atoms with van der Waals surface area (Å²) in [6.45, 7) is 1.48. The molecule has 0 aliphatic heterocycles. The van der Waals surface area contributed by atoms with E-state index in [1.54, 1.807) is 0 Å². The number of rotatable bonds is 4. The molecule has 0 radical (unpaired) electrons. The molecule has 1 aliphatic rings. The number of amides is 1. The maximum absolute atomic E-state index is 12.1. The topological polar surface area (TPSA) is 92.2 Å². The Labute approximate surface area is 119 Å². The Balaban J connectivity index is 2.25. The van der Waals surface area contributed by atoms with Crippen molar-refractivity contribution in [3.63, 3.8) is 0 Å². The quantitative estimate of drug-likeness (QED) is 0.884. The summed E-state index contributed by atoms with van der Waals surface area (Å²) in [5.74, 6) is -1.77. The molecule has 6 nitrogen and oxygen atoms in total. The Kier molecular flexibility index (Phi) is 3.64. The molecule has 1 aromatic heterocycles. The SMILES string of the molecule is CC(NC(=O)c1cc(Cl)nnc1Cl)(C(=O)O)C1CC1. The van der Waals surface area contributed by atoms with Crippen LogP contribution in [0.15, 0.2) is 6.07 Å². The van der Waals surface area contributed by atoms with E-state index in [0.717, 1.165) is 12.8 Å². The van der Waals surface area contributed by atoms with E-state index in [0.29, 0.717) is 0 Å². The minimum absolute atomic E-state index is 0.00907. The lowest BCUT2D eigenvalue weighted by Gasteiger charge is -2.26. The first kappa shape index (κ1) is 14.0. The first-order valence-electron chi connectivity index (χ1n) is 5.59. The van der Waals surface area contributed by atoms with Gasteiger partial charge in [0.2, 0.25) is 0 Å². The largest absolute Gasteiger partial charge is 0.480 e. The smallest absolute Gasteiger partial charge is 0.329 e. The number of carbonyl (C=O) groups is 2. The van der Waals surface area contributed by atoms with Crippen LogP contribution in [0.25, 0.3) is 0 Å². The van der Waals surface area contributed by atoms with Gasteiger partial charge in [0.05, 0.1) is 5.56 Å². The average molecular weight is 304 g/mol. The second-order valence-electron chi connectivity index (χ2n) is 4.61. The lowest BCUT2D eigenvalue weighted by molar-refractivity contribution is -0.144. The fourth-order valence-corrected chi connectivity index (χ4v) is 2.13. The van der Waals surface area contributed by atoms with Crippen molar-refractivity contribution in [2.24, 2.45) is 5.92 Å². The highest BCUT2D eigenvalue weighted by Gasteiger charge is 2.48. The molecule has 1 fully saturated rings. The number of carboxylic acids is 1. The molecule has 19 heavy (non-hydrogen) atoms. The van der Waals surface area contributed by atoms with Gasteiger partial charge in [-0.3, -0.25) is 4.79 Å². The molecule has 8 heteroatoms. The zero-order chi connectivity index (χ0) is 14.2. The lowest BCUT2D eigenvalue weighted by atomic mass is 9.95. The highest BCUT2D eigenvalue weighted by molar-refractivity contribution is 6.34. The Morgan fingerprint density at radius 1 is 1.42 bits per heavy atom. The molecule has 1 atom stereocenters. The highest BCUT2D eigenvalue weighted by Crippen LogP contribution is 2.40. The van der Waals surface area contributed by atoms with Gasteiger partial charge < -0.3 is 10.4 Å². The number of aliphatic carboxylic acids is 1. The van der Waals surface area contributed by atoms with Crippen molar-refractivity contribution >= 4 is 35.1 Å². The molecule has 2 N–H and O–H groups in total. The van der Waals surface area contributed by atoms with Crippen molar-refractivity contribution in [3.05, 3.63) is 21.9 Å². The molecule has 102 valence electrons. The Morgan fingerprint density at radius 3 is 2.58 bits per heavy atom. The number of hydrogen-bond acceptors (Lipinski definition) is 4. The van der Waals surface area contributed by atoms with E-state index in [2.05, 4.69) is 15.5 Å². The van der Waals surface area contributed by atoms with Crippen LogP contribution in [0.3, 0.4) is 0 Å². The summed E-state index contributed by atoms with van der Waals surface area (Å²) in [6.07, 6.45) is 1.54. The molecular formula is C11H11Cl2N3O3. The molecule has 1 unspecified atom stereocenters. The molecule has 2 rings (SSSR count). The Hall–Kier alpha value is -1.40. The van der Waals surface area contributed by atoms with Gasteiger partial charge in [-0.2, -0.15) is 0 Å². The third-order valence-electron chi connectivity index (χ3n) is 3.17. The highest BCUT2D eigenvalue weighted by atomic mass is 35.5. The number of nitrogens with zero attached hydrogens (tertiary/aromatic N) is 2. The zero-order valence-corrected chi connectivity index (χ0v) is 11.5. The van der Waals surface area contributed by atoms with Crippen molar-refractivity contribution in [2.75, 3.05) is 0 Å². The van der Waals surface area contributed by atoms with E-state index in [9.17, 15) is 14.7 Å². The van der Waals surface area contributed by atoms with Crippen molar-refractivity contribution in [1.82, 2.24) is 15.5 Å². The minimum Gasteiger partial charge on any atom is -0.480 e. The molecule has 1 aromatic rings. The van der Waals surface area contributed by atoms with E-state index in [1.807, 2.05) is 0 Å². The van der Waals surface area contributed by atoms with Gasteiger partial charge in [0.1, 0.15) is 5.54 Å². The Bertz CT molecular complexity index is 548. The van der Waals surface area contributed by atoms with E-state index >= 15 is 0 Å². The summed E-state index contributed by atoms with van der Waals surface area (Å²) >= 11 is 11.4. The first-order valence-corrected chi connectivity index (χ1v) is 6.35. The normalized spacial score (nSPS) is 17.6. The number of halogens is 2. The van der Waals surface area contributed by atoms with Gasteiger partial charge in [-0.1, -0.05) is 23.2 Å². The van der Waals surface area contributed by atoms with Gasteiger partial charge in [-0.05, 0) is 31.7 Å². The van der Waals surface area contributed by atoms with E-state index in [4.69, 9.17) is 23.2 Å². The monoisotopic (exact) mass is 303 g/mol. The summed E-state index contributed by atoms with van der Waals surface area (Å²) in [6, 6.07) is 1.25. The lowest BCUT2D eigenvalue weighted by Crippen LogP contribution is -2.54. The van der Waals surface area contributed by atoms with Crippen LogP contribution in [0.1, 0.15) is 30.1 Å². The first-order chi connectivity index (χ1) is 8.84. The van der Waals surface area contributed by atoms with Gasteiger partial charge in [-0.25, -0.2) is 4.79 Å². The van der Waals surface area contributed by atoms with Crippen LogP contribution in [0.4, 0.5) is 0 Å². The van der Waals surface area contributed by atoms with Gasteiger partial charge >= 0.3 is 5.97 Å². The predicted molar refractivity (Wildman–Crippen MR) is 68.3 cm³/mol. The molecule has 1 heterocycles. The zero-order valence-electron chi connectivity index (χ0n) is 9.98. The van der Waals surface area contributed by atoms with Crippen molar-refractivity contribution in [1.29, 1.82) is 0 Å². The van der Waals surface area contributed by atoms with Crippen LogP contribution in [-0.2, 0) is 4.79 Å². The fourth-order valence-electron chi connectivity index (χ4n) is 1.81. The third kappa shape index (κ3) is 2.79. The second kappa shape index (κ2) is 4.94. The molecular weight excluding hydrogens is 293 g/mol. The van der Waals surface area contributed by atoms with Gasteiger partial charge in [0.25, 0.3) is 5.91 Å². The van der Waals surface area contributed by atoms with Crippen LogP contribution in [0.2, 0.25) is 10.3 Å². The molecule has 0 bridgehead atoms. The predicted octanol–water partition coefficient (Wildman–Crippen LogP) is 1.77. The summed E-state index contributed by atoms with van der Waals surface area (Å²) in [7, 11) is 0. The standard InChI is InChI=1S/C11H11Cl2N3O3/c1-11(10(18)19,5-2-3-5)14-9(17)6-4-7(12)15-16-8(6)13/h4-5H,2-3H2,1H3,(H,14,17)(H,18,19). The molecule has 1 saturated carbocycles. The summed E-state index contributed by atoms with van der Waals surface area (Å²) in [4.78, 5) is 23.4. The van der Waals surface area contributed by atoms with E-state index < -0.39 is 17.4 Å². The fraction of sp³-hybridized carbons (Fsp3) is 0.455.